The molecule has 1 fully saturated rings. The van der Waals surface area contributed by atoms with Crippen LogP contribution in [0.2, 0.25) is 0 Å². The largest absolute Gasteiger partial charge is 0.492 e. The minimum Gasteiger partial charge on any atom is -0.492 e. The number of nitrogens with one attached hydrogen (secondary N) is 2. The number of para-hydroxylation sites is 2. The molecule has 2 aromatic rings. The first-order valence-corrected chi connectivity index (χ1v) is 10.3. The maximum absolute atomic E-state index is 12.9. The third-order valence-electron chi connectivity index (χ3n) is 5.54. The van der Waals surface area contributed by atoms with Gasteiger partial charge in [-0.2, -0.15) is 0 Å². The van der Waals surface area contributed by atoms with Crippen molar-refractivity contribution in [2.75, 3.05) is 18.5 Å². The first kappa shape index (κ1) is 21.6. The topological polar surface area (TPSA) is 67.4 Å². The molecule has 2 N–H and O–H groups in total. The summed E-state index contributed by atoms with van der Waals surface area (Å²) in [5, 5.41) is 5.82. The molecule has 1 aliphatic carbocycles. The van der Waals surface area contributed by atoms with Crippen molar-refractivity contribution in [3.63, 3.8) is 0 Å². The number of benzene rings is 2. The van der Waals surface area contributed by atoms with Crippen LogP contribution in [-0.4, -0.2) is 25.0 Å². The number of amides is 2. The van der Waals surface area contributed by atoms with Crippen molar-refractivity contribution in [1.29, 1.82) is 0 Å². The van der Waals surface area contributed by atoms with Crippen molar-refractivity contribution in [1.82, 2.24) is 5.32 Å². The van der Waals surface area contributed by atoms with E-state index in [0.717, 1.165) is 5.75 Å². The molecule has 3 rings (SSSR count). The van der Waals surface area contributed by atoms with Gasteiger partial charge in [0, 0.05) is 0 Å². The maximum atomic E-state index is 12.9. The third-order valence-corrected chi connectivity index (χ3v) is 5.54. The van der Waals surface area contributed by atoms with E-state index in [4.69, 9.17) is 4.74 Å². The Morgan fingerprint density at radius 1 is 1.03 bits per heavy atom. The van der Waals surface area contributed by atoms with Gasteiger partial charge in [-0.15, -0.1) is 0 Å². The van der Waals surface area contributed by atoms with Crippen molar-refractivity contribution >= 4 is 17.5 Å². The summed E-state index contributed by atoms with van der Waals surface area (Å²) in [6.07, 6.45) is 2.16. The van der Waals surface area contributed by atoms with Crippen molar-refractivity contribution in [2.45, 2.75) is 27.7 Å². The molecule has 5 nitrogen and oxygen atoms in total. The van der Waals surface area contributed by atoms with Gasteiger partial charge in [0.15, 0.2) is 0 Å². The van der Waals surface area contributed by atoms with Gasteiger partial charge >= 0.3 is 0 Å². The molecule has 2 amide bonds. The summed E-state index contributed by atoms with van der Waals surface area (Å²) < 4.78 is 5.60. The second-order valence-corrected chi connectivity index (χ2v) is 8.52. The van der Waals surface area contributed by atoms with Crippen LogP contribution in [0.15, 0.2) is 66.2 Å². The normalized spacial score (nSPS) is 18.8. The lowest BCUT2D eigenvalue weighted by atomic mass is 10.1. The number of hydrogen-bond donors (Lipinski definition) is 2. The van der Waals surface area contributed by atoms with Gasteiger partial charge in [0.05, 0.1) is 23.7 Å². The smallest absolute Gasteiger partial charge is 0.253 e. The second kappa shape index (κ2) is 9.16. The molecular weight excluding hydrogens is 376 g/mol. The number of hydrogen-bond acceptors (Lipinski definition) is 3. The van der Waals surface area contributed by atoms with E-state index >= 15 is 0 Å². The van der Waals surface area contributed by atoms with Gasteiger partial charge in [-0.1, -0.05) is 55.8 Å². The maximum Gasteiger partial charge on any atom is 0.253 e. The van der Waals surface area contributed by atoms with Gasteiger partial charge in [0.1, 0.15) is 12.4 Å². The molecule has 158 valence electrons. The Labute approximate surface area is 178 Å². The number of carbonyl (C=O) groups excluding carboxylic acids is 2. The number of ether oxygens (including phenoxy) is 1. The van der Waals surface area contributed by atoms with E-state index in [0.29, 0.717) is 24.4 Å². The fraction of sp³-hybridized carbons (Fsp3) is 0.360. The Bertz CT molecular complexity index is 930. The summed E-state index contributed by atoms with van der Waals surface area (Å²) in [6, 6.07) is 16.5. The minimum atomic E-state index is -0.238. The van der Waals surface area contributed by atoms with Crippen LogP contribution in [0.25, 0.3) is 0 Å². The third kappa shape index (κ3) is 5.09. The van der Waals surface area contributed by atoms with Gasteiger partial charge in [0.25, 0.3) is 5.91 Å². The highest BCUT2D eigenvalue weighted by molar-refractivity contribution is 6.05. The molecule has 0 unspecified atom stereocenters. The molecule has 2 aromatic carbocycles. The molecular formula is C25H30N2O3. The Morgan fingerprint density at radius 2 is 1.70 bits per heavy atom. The highest BCUT2D eigenvalue weighted by Crippen LogP contribution is 2.59. The summed E-state index contributed by atoms with van der Waals surface area (Å²) in [5.74, 6) is 0.604. The number of carbonyl (C=O) groups is 2. The van der Waals surface area contributed by atoms with Crippen LogP contribution in [0, 0.1) is 17.3 Å². The van der Waals surface area contributed by atoms with Gasteiger partial charge in [0.2, 0.25) is 5.91 Å². The first-order chi connectivity index (χ1) is 14.3. The predicted octanol–water partition coefficient (Wildman–Crippen LogP) is 4.67. The van der Waals surface area contributed by atoms with Crippen LogP contribution < -0.4 is 15.4 Å². The Balaban J connectivity index is 1.58. The summed E-state index contributed by atoms with van der Waals surface area (Å²) in [5.41, 5.74) is 2.11. The molecule has 0 heterocycles. The van der Waals surface area contributed by atoms with Crippen LogP contribution in [0.4, 0.5) is 5.69 Å². The first-order valence-electron chi connectivity index (χ1n) is 10.3. The quantitative estimate of drug-likeness (QED) is 0.494. The predicted molar refractivity (Wildman–Crippen MR) is 120 cm³/mol. The molecule has 30 heavy (non-hydrogen) atoms. The summed E-state index contributed by atoms with van der Waals surface area (Å²) in [6.45, 7) is 9.04. The molecule has 0 spiro atoms. The summed E-state index contributed by atoms with van der Waals surface area (Å²) in [7, 11) is 0. The van der Waals surface area contributed by atoms with Gasteiger partial charge in [-0.05, 0) is 49.4 Å². The van der Waals surface area contributed by atoms with Crippen molar-refractivity contribution in [3.8, 4) is 5.75 Å². The Kier molecular flexibility index (Phi) is 6.60. The van der Waals surface area contributed by atoms with Crippen LogP contribution in [0.1, 0.15) is 38.1 Å². The van der Waals surface area contributed by atoms with E-state index in [1.54, 1.807) is 18.2 Å². The number of rotatable bonds is 8. The average molecular weight is 407 g/mol. The van der Waals surface area contributed by atoms with Gasteiger partial charge in [-0.3, -0.25) is 9.59 Å². The van der Waals surface area contributed by atoms with E-state index in [2.05, 4.69) is 30.6 Å². The van der Waals surface area contributed by atoms with Crippen LogP contribution in [-0.2, 0) is 4.79 Å². The molecule has 0 aromatic heterocycles. The molecule has 0 saturated heterocycles. The van der Waals surface area contributed by atoms with Crippen LogP contribution in [0.5, 0.6) is 5.75 Å². The van der Waals surface area contributed by atoms with E-state index < -0.39 is 0 Å². The zero-order chi connectivity index (χ0) is 21.7. The number of allylic oxidation sites excluding steroid dienone is 2. The molecule has 1 aliphatic rings. The summed E-state index contributed by atoms with van der Waals surface area (Å²) >= 11 is 0. The average Bonchev–Trinajstić information content (AvgIpc) is 3.25. The monoisotopic (exact) mass is 406 g/mol. The van der Waals surface area contributed by atoms with E-state index in [1.807, 2.05) is 50.2 Å². The highest BCUT2D eigenvalue weighted by atomic mass is 16.5. The Morgan fingerprint density at radius 3 is 2.40 bits per heavy atom. The lowest BCUT2D eigenvalue weighted by Gasteiger charge is -2.12. The fourth-order valence-electron chi connectivity index (χ4n) is 3.79. The van der Waals surface area contributed by atoms with Crippen LogP contribution in [0.3, 0.4) is 0 Å². The molecule has 0 bridgehead atoms. The SMILES string of the molecule is CC(C)=C[C@@H]1[C@@H](C(=O)Nc2ccccc2C(=O)NCCOc2ccccc2)C1(C)C. The zero-order valence-electron chi connectivity index (χ0n) is 18.1. The van der Waals surface area contributed by atoms with Gasteiger partial charge < -0.3 is 15.4 Å². The molecule has 0 radical (unpaired) electrons. The van der Waals surface area contributed by atoms with E-state index in [9.17, 15) is 9.59 Å². The zero-order valence-corrected chi connectivity index (χ0v) is 18.1. The number of anilines is 1. The molecule has 0 aliphatic heterocycles. The molecule has 1 saturated carbocycles. The van der Waals surface area contributed by atoms with E-state index in [1.165, 1.54) is 5.57 Å². The van der Waals surface area contributed by atoms with Crippen molar-refractivity contribution in [3.05, 3.63) is 71.8 Å². The second-order valence-electron chi connectivity index (χ2n) is 8.52. The highest BCUT2D eigenvalue weighted by Gasteiger charge is 2.60. The standard InChI is InChI=1S/C25H30N2O3/c1-17(2)16-20-22(25(20,3)4)24(29)27-21-13-9-8-12-19(21)23(28)26-14-15-30-18-10-6-5-7-11-18/h5-13,16,20,22H,14-15H2,1-4H3,(H,26,28)(H,27,29)/t20-,22+/m1/s1. The van der Waals surface area contributed by atoms with Crippen molar-refractivity contribution < 1.29 is 14.3 Å². The Hall–Kier alpha value is -3.08. The van der Waals surface area contributed by atoms with Crippen LogP contribution >= 0.6 is 0 Å². The van der Waals surface area contributed by atoms with Gasteiger partial charge in [-0.25, -0.2) is 0 Å². The minimum absolute atomic E-state index is 0.0461. The molecule has 5 heteroatoms. The lowest BCUT2D eigenvalue weighted by molar-refractivity contribution is -0.118. The molecule has 2 atom stereocenters. The summed E-state index contributed by atoms with van der Waals surface area (Å²) in [4.78, 5) is 25.5. The fourth-order valence-corrected chi connectivity index (χ4v) is 3.79. The van der Waals surface area contributed by atoms with E-state index in [-0.39, 0.29) is 29.1 Å². The lowest BCUT2D eigenvalue weighted by Crippen LogP contribution is -2.29. The van der Waals surface area contributed by atoms with Crippen molar-refractivity contribution in [2.24, 2.45) is 17.3 Å².